The number of imidazole rings is 2. The minimum Gasteiger partial charge on any atom is -0.314 e. The van der Waals surface area contributed by atoms with E-state index in [1.165, 1.54) is 0 Å². The molecule has 180 valence electrons. The molecular weight excluding hydrogens is 467 g/mol. The first kappa shape index (κ1) is 25.3. The molecule has 36 heavy (non-hydrogen) atoms. The molecule has 3 heterocycles. The van der Waals surface area contributed by atoms with Gasteiger partial charge in [-0.15, -0.1) is 0 Å². The van der Waals surface area contributed by atoms with Crippen molar-refractivity contribution < 1.29 is 0 Å². The first-order chi connectivity index (χ1) is 16.9. The smallest absolute Gasteiger partial charge is 0.314 e. The van der Waals surface area contributed by atoms with Gasteiger partial charge in [-0.3, -0.25) is 4.57 Å². The number of hydrogen-bond donors (Lipinski definition) is 2. The molecule has 0 bridgehead atoms. The van der Waals surface area contributed by atoms with E-state index in [0.717, 1.165) is 48.0 Å². The average Bonchev–Trinajstić information content (AvgIpc) is 3.33. The van der Waals surface area contributed by atoms with Crippen molar-refractivity contribution in [1.29, 1.82) is 0 Å². The van der Waals surface area contributed by atoms with E-state index in [4.69, 9.17) is 11.6 Å². The summed E-state index contributed by atoms with van der Waals surface area (Å²) in [5.41, 5.74) is 3.31. The van der Waals surface area contributed by atoms with Crippen molar-refractivity contribution in [3.63, 3.8) is 0 Å². The number of aromatic amines is 2. The second kappa shape index (κ2) is 8.59. The molecule has 4 aromatic rings. The second-order valence-electron chi connectivity index (χ2n) is 11.7. The lowest BCUT2D eigenvalue weighted by Crippen LogP contribution is -2.69. The van der Waals surface area contributed by atoms with Crippen LogP contribution in [0.25, 0.3) is 22.1 Å². The number of rotatable bonds is 5. The lowest BCUT2D eigenvalue weighted by Gasteiger charge is -2.59. The summed E-state index contributed by atoms with van der Waals surface area (Å²) in [6, 6.07) is 13.6. The molecule has 0 spiro atoms. The summed E-state index contributed by atoms with van der Waals surface area (Å²) in [5.74, 6) is 0. The first-order valence-electron chi connectivity index (χ1n) is 12.7. The van der Waals surface area contributed by atoms with E-state index in [0.29, 0.717) is 5.02 Å². The third kappa shape index (κ3) is 3.69. The molecule has 14 heteroatoms. The molecule has 2 aromatic heterocycles. The van der Waals surface area contributed by atoms with E-state index < -0.39 is 5.34 Å². The summed E-state index contributed by atoms with van der Waals surface area (Å²) in [7, 11) is 13.4. The van der Waals surface area contributed by atoms with Gasteiger partial charge in [0.15, 0.2) is 0 Å². The van der Waals surface area contributed by atoms with Crippen molar-refractivity contribution in [3.05, 3.63) is 68.5 Å². The molecular formula is C22H30B6ClN5O2. The van der Waals surface area contributed by atoms with E-state index in [1.54, 1.807) is 0 Å². The standard InChI is InChI=1S/C22H30B6ClN5O2/c23-20(24,22(27,28)34-17-4-2-1-3-14(17)30-19(34)36)21(25,26)32-9-7-13(8-10-32)33-16-6-5-12(29)11-15(16)31-18(33)35/h1-6,11,13H,7-10,23-28H2,(H,30,36)(H,31,35). The first-order valence-corrected chi connectivity index (χ1v) is 13.1. The molecule has 7 nitrogen and oxygen atoms in total. The Morgan fingerprint density at radius 3 is 2.14 bits per heavy atom. The highest BCUT2D eigenvalue weighted by molar-refractivity contribution is 6.60. The zero-order chi connectivity index (χ0) is 26.0. The topological polar surface area (TPSA) is 78.8 Å². The van der Waals surface area contributed by atoms with Crippen LogP contribution >= 0.6 is 11.6 Å². The number of nitrogens with one attached hydrogen (secondary N) is 2. The van der Waals surface area contributed by atoms with Crippen molar-refractivity contribution in [3.8, 4) is 0 Å². The van der Waals surface area contributed by atoms with Crippen molar-refractivity contribution in [1.82, 2.24) is 24.0 Å². The van der Waals surface area contributed by atoms with Gasteiger partial charge >= 0.3 is 11.4 Å². The van der Waals surface area contributed by atoms with E-state index in [1.807, 2.05) is 51.6 Å². The lowest BCUT2D eigenvalue weighted by molar-refractivity contribution is 0.131. The highest BCUT2D eigenvalue weighted by Crippen LogP contribution is 2.45. The Bertz CT molecular complexity index is 1560. The molecule has 0 aliphatic carbocycles. The molecule has 5 rings (SSSR count). The van der Waals surface area contributed by atoms with Crippen LogP contribution in [0.2, 0.25) is 10.2 Å². The second-order valence-corrected chi connectivity index (χ2v) is 12.1. The molecule has 0 amide bonds. The van der Waals surface area contributed by atoms with Crippen LogP contribution in [-0.2, 0) is 5.34 Å². The molecule has 1 aliphatic heterocycles. The van der Waals surface area contributed by atoms with E-state index in [-0.39, 0.29) is 28.0 Å². The highest BCUT2D eigenvalue weighted by Gasteiger charge is 2.51. The van der Waals surface area contributed by atoms with Crippen LogP contribution in [0.5, 0.6) is 0 Å². The van der Waals surface area contributed by atoms with Crippen molar-refractivity contribution in [2.24, 2.45) is 0 Å². The Morgan fingerprint density at radius 1 is 0.806 bits per heavy atom. The van der Waals surface area contributed by atoms with Crippen LogP contribution < -0.4 is 11.4 Å². The van der Waals surface area contributed by atoms with Gasteiger partial charge in [-0.1, -0.05) is 28.9 Å². The van der Waals surface area contributed by atoms with Crippen LogP contribution in [0.4, 0.5) is 0 Å². The van der Waals surface area contributed by atoms with Crippen LogP contribution in [0.3, 0.4) is 0 Å². The van der Waals surface area contributed by atoms with Gasteiger partial charge in [0.2, 0.25) is 0 Å². The zero-order valence-electron chi connectivity index (χ0n) is 22.0. The van der Waals surface area contributed by atoms with Crippen molar-refractivity contribution in [2.45, 2.75) is 34.8 Å². The van der Waals surface area contributed by atoms with Gasteiger partial charge in [0.1, 0.15) is 47.1 Å². The Morgan fingerprint density at radius 2 is 1.44 bits per heavy atom. The van der Waals surface area contributed by atoms with Gasteiger partial charge in [0.05, 0.1) is 22.1 Å². The minimum atomic E-state index is -0.475. The van der Waals surface area contributed by atoms with Gasteiger partial charge in [0, 0.05) is 11.1 Å². The lowest BCUT2D eigenvalue weighted by atomic mass is 9.22. The summed E-state index contributed by atoms with van der Waals surface area (Å²) in [5, 5.41) is -0.364. The van der Waals surface area contributed by atoms with Gasteiger partial charge in [-0.05, 0) is 66.9 Å². The number of piperidine rings is 1. The predicted octanol–water partition coefficient (Wildman–Crippen LogP) is -2.86. The molecule has 0 saturated carbocycles. The molecule has 0 unspecified atom stereocenters. The summed E-state index contributed by atoms with van der Waals surface area (Å²) < 4.78 is 3.82. The number of fused-ring (bicyclic) bond motifs is 2. The number of aromatic nitrogens is 4. The van der Waals surface area contributed by atoms with E-state index in [9.17, 15) is 9.59 Å². The van der Waals surface area contributed by atoms with Crippen LogP contribution in [0.1, 0.15) is 18.9 Å². The maximum Gasteiger partial charge on any atom is 0.326 e. The number of hydrogen-bond acceptors (Lipinski definition) is 3. The Labute approximate surface area is 220 Å². The third-order valence-corrected chi connectivity index (χ3v) is 9.74. The number of likely N-dealkylation sites (tertiary alicyclic amines) is 1. The number of benzene rings is 2. The summed E-state index contributed by atoms with van der Waals surface area (Å²) in [6.45, 7) is 1.74. The van der Waals surface area contributed by atoms with Gasteiger partial charge in [0.25, 0.3) is 0 Å². The van der Waals surface area contributed by atoms with Gasteiger partial charge < -0.3 is 19.4 Å². The van der Waals surface area contributed by atoms with E-state index in [2.05, 4.69) is 61.9 Å². The molecule has 2 N–H and O–H groups in total. The molecule has 2 aromatic carbocycles. The molecule has 1 aliphatic rings. The zero-order valence-corrected chi connectivity index (χ0v) is 22.7. The number of halogens is 1. The quantitative estimate of drug-likeness (QED) is 0.292. The SMILES string of the molecule is BC(B)(N1CCC(n2c(=O)[nH]c3cc(Cl)ccc32)CC1)C(B)(B)C(B)(B)n1c(=O)[nH]c2ccccc21. The summed E-state index contributed by atoms with van der Waals surface area (Å²) >= 11 is 6.13. The molecule has 0 radical (unpaired) electrons. The molecule has 0 atom stereocenters. The minimum absolute atomic E-state index is 0.0786. The van der Waals surface area contributed by atoms with Crippen molar-refractivity contribution >= 4 is 80.7 Å². The maximum absolute atomic E-state index is 13.1. The fourth-order valence-electron chi connectivity index (χ4n) is 6.18. The number of nitrogens with zero attached hydrogens (tertiary/aromatic N) is 3. The molecule has 1 saturated heterocycles. The van der Waals surface area contributed by atoms with Crippen LogP contribution in [0, 0.1) is 0 Å². The van der Waals surface area contributed by atoms with E-state index >= 15 is 0 Å². The third-order valence-electron chi connectivity index (χ3n) is 9.51. The van der Waals surface area contributed by atoms with Gasteiger partial charge in [-0.2, -0.15) is 0 Å². The average molecular weight is 497 g/mol. The highest BCUT2D eigenvalue weighted by atomic mass is 35.5. The summed E-state index contributed by atoms with van der Waals surface area (Å²) in [4.78, 5) is 34.4. The maximum atomic E-state index is 13.1. The summed E-state index contributed by atoms with van der Waals surface area (Å²) in [6.07, 6.45) is 1.75. The Hall–Kier alpha value is -2.38. The predicted molar refractivity (Wildman–Crippen MR) is 165 cm³/mol. The Kier molecular flexibility index (Phi) is 6.03. The number of para-hydroxylation sites is 2. The molecule has 1 fully saturated rings. The van der Waals surface area contributed by atoms with Crippen LogP contribution in [0.15, 0.2) is 52.1 Å². The van der Waals surface area contributed by atoms with Crippen LogP contribution in [-0.4, -0.2) is 89.5 Å². The Balaban J connectivity index is 1.42. The van der Waals surface area contributed by atoms with Gasteiger partial charge in [-0.25, -0.2) is 9.59 Å². The fraction of sp³-hybridized carbons (Fsp3) is 0.364. The monoisotopic (exact) mass is 497 g/mol. The largest absolute Gasteiger partial charge is 0.326 e. The fourth-order valence-corrected chi connectivity index (χ4v) is 6.35. The normalized spacial score (nSPS) is 16.7. The number of H-pyrrole nitrogens is 2. The van der Waals surface area contributed by atoms with Crippen molar-refractivity contribution in [2.75, 3.05) is 13.1 Å².